The smallest absolute Gasteiger partial charge is 0.253 e. The zero-order valence-corrected chi connectivity index (χ0v) is 14.8. The number of methoxy groups -OCH3 is 1. The van der Waals surface area contributed by atoms with Crippen LogP contribution in [0.25, 0.3) is 0 Å². The van der Waals surface area contributed by atoms with Crippen LogP contribution >= 0.6 is 0 Å². The van der Waals surface area contributed by atoms with Gasteiger partial charge >= 0.3 is 0 Å². The van der Waals surface area contributed by atoms with Crippen LogP contribution in [0.15, 0.2) is 48.5 Å². The Hall–Kier alpha value is -2.82. The Morgan fingerprint density at radius 2 is 1.76 bits per heavy atom. The highest BCUT2D eigenvalue weighted by Gasteiger charge is 2.14. The summed E-state index contributed by atoms with van der Waals surface area (Å²) < 4.78 is 5.11. The monoisotopic (exact) mass is 340 g/mol. The van der Waals surface area contributed by atoms with Crippen molar-refractivity contribution in [2.75, 3.05) is 12.4 Å². The zero-order valence-electron chi connectivity index (χ0n) is 14.8. The van der Waals surface area contributed by atoms with Crippen LogP contribution in [0.1, 0.15) is 36.2 Å². The van der Waals surface area contributed by atoms with Gasteiger partial charge in [0.1, 0.15) is 5.75 Å². The van der Waals surface area contributed by atoms with Crippen LogP contribution in [-0.2, 0) is 11.2 Å². The highest BCUT2D eigenvalue weighted by Crippen LogP contribution is 2.17. The molecule has 0 spiro atoms. The lowest BCUT2D eigenvalue weighted by Crippen LogP contribution is -2.32. The molecule has 2 amide bonds. The standard InChI is InChI=1S/C20H24N2O3/c1-4-14(2)21-20(24)17-7-5-6-8-18(17)22-19(23)13-15-9-11-16(25-3)12-10-15/h5-12,14H,4,13H2,1-3H3,(H,21,24)(H,22,23)/t14-/m0/s1. The zero-order chi connectivity index (χ0) is 18.2. The number of hydrogen-bond donors (Lipinski definition) is 2. The minimum atomic E-state index is -0.185. The van der Waals surface area contributed by atoms with Gasteiger partial charge in [0.05, 0.1) is 24.8 Å². The van der Waals surface area contributed by atoms with Gasteiger partial charge in [0.25, 0.3) is 5.91 Å². The quantitative estimate of drug-likeness (QED) is 0.812. The van der Waals surface area contributed by atoms with Gasteiger partial charge < -0.3 is 15.4 Å². The lowest BCUT2D eigenvalue weighted by molar-refractivity contribution is -0.115. The molecule has 0 unspecified atom stereocenters. The van der Waals surface area contributed by atoms with Crippen LogP contribution < -0.4 is 15.4 Å². The van der Waals surface area contributed by atoms with E-state index in [0.717, 1.165) is 17.7 Å². The molecule has 0 aromatic heterocycles. The first-order valence-electron chi connectivity index (χ1n) is 8.36. The van der Waals surface area contributed by atoms with E-state index in [1.54, 1.807) is 31.4 Å². The summed E-state index contributed by atoms with van der Waals surface area (Å²) in [6, 6.07) is 14.4. The summed E-state index contributed by atoms with van der Waals surface area (Å²) in [6.45, 7) is 3.95. The highest BCUT2D eigenvalue weighted by atomic mass is 16.5. The number of nitrogens with one attached hydrogen (secondary N) is 2. The molecular weight excluding hydrogens is 316 g/mol. The number of rotatable bonds is 7. The second-order valence-corrected chi connectivity index (χ2v) is 5.90. The average Bonchev–Trinajstić information content (AvgIpc) is 2.62. The predicted octanol–water partition coefficient (Wildman–Crippen LogP) is 3.40. The first-order valence-corrected chi connectivity index (χ1v) is 8.36. The third kappa shape index (κ3) is 5.35. The van der Waals surface area contributed by atoms with Crippen molar-refractivity contribution >= 4 is 17.5 Å². The molecule has 2 N–H and O–H groups in total. The third-order valence-corrected chi connectivity index (χ3v) is 3.96. The van der Waals surface area contributed by atoms with Gasteiger partial charge in [0.15, 0.2) is 0 Å². The maximum Gasteiger partial charge on any atom is 0.253 e. The van der Waals surface area contributed by atoms with Gasteiger partial charge in [-0.1, -0.05) is 31.2 Å². The molecule has 0 aliphatic heterocycles. The number of carbonyl (C=O) groups excluding carboxylic acids is 2. The predicted molar refractivity (Wildman–Crippen MR) is 99.0 cm³/mol. The van der Waals surface area contributed by atoms with E-state index in [0.29, 0.717) is 11.3 Å². The van der Waals surface area contributed by atoms with Crippen LogP contribution in [-0.4, -0.2) is 25.0 Å². The van der Waals surface area contributed by atoms with Gasteiger partial charge in [-0.05, 0) is 43.2 Å². The first kappa shape index (κ1) is 18.5. The topological polar surface area (TPSA) is 67.4 Å². The minimum Gasteiger partial charge on any atom is -0.497 e. The van der Waals surface area contributed by atoms with E-state index >= 15 is 0 Å². The average molecular weight is 340 g/mol. The molecule has 0 heterocycles. The van der Waals surface area contributed by atoms with Gasteiger partial charge in [0.2, 0.25) is 5.91 Å². The Kier molecular flexibility index (Phi) is 6.57. The Balaban J connectivity index is 2.06. The Morgan fingerprint density at radius 3 is 2.40 bits per heavy atom. The van der Waals surface area contributed by atoms with Crippen molar-refractivity contribution in [3.05, 3.63) is 59.7 Å². The second-order valence-electron chi connectivity index (χ2n) is 5.90. The largest absolute Gasteiger partial charge is 0.497 e. The molecule has 2 aromatic carbocycles. The summed E-state index contributed by atoms with van der Waals surface area (Å²) in [7, 11) is 1.60. The summed E-state index contributed by atoms with van der Waals surface area (Å²) in [5, 5.41) is 5.75. The summed E-state index contributed by atoms with van der Waals surface area (Å²) in [5.74, 6) is 0.389. The van der Waals surface area contributed by atoms with Gasteiger partial charge in [-0.15, -0.1) is 0 Å². The number of hydrogen-bond acceptors (Lipinski definition) is 3. The SMILES string of the molecule is CC[C@H](C)NC(=O)c1ccccc1NC(=O)Cc1ccc(OC)cc1. The fourth-order valence-corrected chi connectivity index (χ4v) is 2.32. The number of anilines is 1. The van der Waals surface area contributed by atoms with E-state index < -0.39 is 0 Å². The molecule has 132 valence electrons. The molecule has 0 saturated carbocycles. The van der Waals surface area contributed by atoms with Gasteiger partial charge in [-0.3, -0.25) is 9.59 Å². The van der Waals surface area contributed by atoms with Crippen LogP contribution in [0.4, 0.5) is 5.69 Å². The second kappa shape index (κ2) is 8.87. The maximum atomic E-state index is 12.4. The summed E-state index contributed by atoms with van der Waals surface area (Å²) in [6.07, 6.45) is 1.07. The molecule has 0 aliphatic rings. The molecule has 0 aliphatic carbocycles. The fraction of sp³-hybridized carbons (Fsp3) is 0.300. The summed E-state index contributed by atoms with van der Waals surface area (Å²) in [5.41, 5.74) is 1.85. The van der Waals surface area contributed by atoms with E-state index in [1.165, 1.54) is 0 Å². The van der Waals surface area contributed by atoms with Crippen molar-refractivity contribution in [1.82, 2.24) is 5.32 Å². The molecule has 0 radical (unpaired) electrons. The lowest BCUT2D eigenvalue weighted by Gasteiger charge is -2.14. The Labute approximate surface area is 148 Å². The minimum absolute atomic E-state index is 0.0792. The molecular formula is C20H24N2O3. The molecule has 0 fully saturated rings. The summed E-state index contributed by atoms with van der Waals surface area (Å²) >= 11 is 0. The molecule has 0 saturated heterocycles. The lowest BCUT2D eigenvalue weighted by atomic mass is 10.1. The molecule has 0 bridgehead atoms. The van der Waals surface area contributed by atoms with Gasteiger partial charge in [0, 0.05) is 6.04 Å². The molecule has 25 heavy (non-hydrogen) atoms. The summed E-state index contributed by atoms with van der Waals surface area (Å²) in [4.78, 5) is 24.7. The fourth-order valence-electron chi connectivity index (χ4n) is 2.32. The van der Waals surface area contributed by atoms with Crippen molar-refractivity contribution in [2.24, 2.45) is 0 Å². The van der Waals surface area contributed by atoms with Crippen molar-refractivity contribution in [2.45, 2.75) is 32.7 Å². The molecule has 2 rings (SSSR count). The molecule has 5 nitrogen and oxygen atoms in total. The number of amides is 2. The van der Waals surface area contributed by atoms with Crippen molar-refractivity contribution in [3.63, 3.8) is 0 Å². The number of benzene rings is 2. The van der Waals surface area contributed by atoms with Crippen LogP contribution in [0, 0.1) is 0 Å². The third-order valence-electron chi connectivity index (χ3n) is 3.96. The van der Waals surface area contributed by atoms with Crippen molar-refractivity contribution in [1.29, 1.82) is 0 Å². The Morgan fingerprint density at radius 1 is 1.08 bits per heavy atom. The highest BCUT2D eigenvalue weighted by molar-refractivity contribution is 6.04. The Bertz CT molecular complexity index is 726. The normalized spacial score (nSPS) is 11.5. The van der Waals surface area contributed by atoms with Gasteiger partial charge in [-0.25, -0.2) is 0 Å². The molecule has 5 heteroatoms. The van der Waals surface area contributed by atoms with Gasteiger partial charge in [-0.2, -0.15) is 0 Å². The number of carbonyl (C=O) groups is 2. The van der Waals surface area contributed by atoms with E-state index in [2.05, 4.69) is 10.6 Å². The van der Waals surface area contributed by atoms with Crippen molar-refractivity contribution < 1.29 is 14.3 Å². The van der Waals surface area contributed by atoms with E-state index in [9.17, 15) is 9.59 Å². The first-order chi connectivity index (χ1) is 12.0. The number of ether oxygens (including phenoxy) is 1. The number of para-hydroxylation sites is 1. The van der Waals surface area contributed by atoms with Crippen molar-refractivity contribution in [3.8, 4) is 5.75 Å². The molecule has 1 atom stereocenters. The van der Waals surface area contributed by atoms with E-state index in [-0.39, 0.29) is 24.3 Å². The maximum absolute atomic E-state index is 12.4. The van der Waals surface area contributed by atoms with Crippen LogP contribution in [0.5, 0.6) is 5.75 Å². The molecule has 2 aromatic rings. The van der Waals surface area contributed by atoms with Crippen LogP contribution in [0.3, 0.4) is 0 Å². The van der Waals surface area contributed by atoms with E-state index in [1.807, 2.05) is 38.1 Å². The van der Waals surface area contributed by atoms with E-state index in [4.69, 9.17) is 4.74 Å². The van der Waals surface area contributed by atoms with Crippen LogP contribution in [0.2, 0.25) is 0 Å².